The van der Waals surface area contributed by atoms with E-state index in [1.807, 2.05) is 18.4 Å². The lowest BCUT2D eigenvalue weighted by Crippen LogP contribution is -2.61. The molecule has 0 unspecified atom stereocenters. The van der Waals surface area contributed by atoms with Crippen molar-refractivity contribution in [3.63, 3.8) is 0 Å². The third-order valence-electron chi connectivity index (χ3n) is 11.0. The van der Waals surface area contributed by atoms with E-state index in [1.54, 1.807) is 13.3 Å². The minimum atomic E-state index is -0.907. The number of aromatic nitrogens is 3. The van der Waals surface area contributed by atoms with E-state index in [0.717, 1.165) is 62.6 Å². The molecule has 0 aliphatic carbocycles. The van der Waals surface area contributed by atoms with E-state index >= 15 is 0 Å². The van der Waals surface area contributed by atoms with Crippen molar-refractivity contribution in [1.29, 1.82) is 0 Å². The largest absolute Gasteiger partial charge is 0.464 e. The van der Waals surface area contributed by atoms with Crippen molar-refractivity contribution >= 4 is 108 Å². The van der Waals surface area contributed by atoms with Crippen LogP contribution in [0.5, 0.6) is 0 Å². The lowest BCUT2D eigenvalue weighted by Gasteiger charge is -2.36. The third kappa shape index (κ3) is 11.5. The summed E-state index contributed by atoms with van der Waals surface area (Å²) >= 11 is 1.47. The second-order valence-electron chi connectivity index (χ2n) is 15.8. The number of nitrogens with zero attached hydrogens (tertiary/aromatic N) is 4. The van der Waals surface area contributed by atoms with Gasteiger partial charge in [0.05, 0.1) is 34.8 Å². The van der Waals surface area contributed by atoms with E-state index < -0.39 is 29.6 Å². The molecular formula is C41H62N6O6S6. The fraction of sp³-hybridized carbons (Fsp3) is 0.537. The average molecular weight is 927 g/mol. The molecule has 59 heavy (non-hydrogen) atoms. The Morgan fingerprint density at radius 3 is 2.61 bits per heavy atom. The summed E-state index contributed by atoms with van der Waals surface area (Å²) in [7, 11) is 1.70. The standard InChI is InChI=1S/C41H52N6O6S.5H2S/c1-7-46-33-13-12-26-19-28(33)29(37(46)27-10-8-15-42-36(27)25(3)51-6)21-41(4,5)23-53-40(50)30-11-9-16-47(45-30)39(49)31(20-35-43-32(26)22-54-35)44-38(48)34-18-24(2)14-17-52-34;;;;;/h8,10,12-13,15,19,22,24-25,30-31,34,45H,7,9,11,14,16-18,20-21,23H2,1-6H3,(H,44,48);5*1H2/t24-,25-,30-,31-,34+;;;;;/m0...../s1. The minimum absolute atomic E-state index is 0. The number of fused-ring (bicyclic) bond motifs is 6. The number of hydrogen-bond donors (Lipinski definition) is 2. The van der Waals surface area contributed by atoms with Gasteiger partial charge in [0.15, 0.2) is 0 Å². The van der Waals surface area contributed by atoms with Crippen LogP contribution in [0.2, 0.25) is 0 Å². The van der Waals surface area contributed by atoms with Crippen molar-refractivity contribution in [3.8, 4) is 22.5 Å². The summed E-state index contributed by atoms with van der Waals surface area (Å²) in [5.74, 6) is -0.681. The molecule has 0 saturated carbocycles. The molecule has 328 valence electrons. The summed E-state index contributed by atoms with van der Waals surface area (Å²) in [5.41, 5.74) is 9.60. The number of ether oxygens (including phenoxy) is 3. The number of rotatable bonds is 6. The van der Waals surface area contributed by atoms with Gasteiger partial charge in [0, 0.05) is 72.2 Å². The molecule has 7 rings (SSSR count). The molecule has 2 saturated heterocycles. The topological polar surface area (TPSA) is 137 Å². The number of hydrogen-bond acceptors (Lipinski definition) is 10. The molecule has 5 atom stereocenters. The average Bonchev–Trinajstić information content (AvgIpc) is 3.77. The van der Waals surface area contributed by atoms with Gasteiger partial charge in [-0.2, -0.15) is 67.5 Å². The monoisotopic (exact) mass is 926 g/mol. The Kier molecular flexibility index (Phi) is 20.2. The van der Waals surface area contributed by atoms with E-state index in [9.17, 15) is 14.4 Å². The fourth-order valence-corrected chi connectivity index (χ4v) is 8.82. The lowest BCUT2D eigenvalue weighted by molar-refractivity contribution is -0.156. The summed E-state index contributed by atoms with van der Waals surface area (Å²) in [4.78, 5) is 51.2. The van der Waals surface area contributed by atoms with Crippen LogP contribution in [-0.4, -0.2) is 82.4 Å². The molecule has 12 nitrogen and oxygen atoms in total. The molecular weight excluding hydrogens is 865 g/mol. The van der Waals surface area contributed by atoms with Gasteiger partial charge in [-0.25, -0.2) is 10.4 Å². The van der Waals surface area contributed by atoms with Crippen molar-refractivity contribution < 1.29 is 28.6 Å². The van der Waals surface area contributed by atoms with Crippen LogP contribution in [-0.2, 0) is 48.0 Å². The Morgan fingerprint density at radius 1 is 1.14 bits per heavy atom. The number of cyclic esters (lactones) is 1. The number of hydrazine groups is 1. The van der Waals surface area contributed by atoms with Crippen LogP contribution >= 0.6 is 78.8 Å². The molecule has 3 aliphatic heterocycles. The Bertz CT molecular complexity index is 2040. The zero-order valence-corrected chi connectivity index (χ0v) is 40.5. The van der Waals surface area contributed by atoms with E-state index in [-0.39, 0.29) is 98.4 Å². The van der Waals surface area contributed by atoms with E-state index in [4.69, 9.17) is 24.2 Å². The number of carbonyl (C=O) groups excluding carboxylic acids is 3. The lowest BCUT2D eigenvalue weighted by atomic mass is 9.84. The Labute approximate surface area is 386 Å². The number of pyridine rings is 1. The first kappa shape index (κ1) is 52.7. The van der Waals surface area contributed by atoms with Gasteiger partial charge in [0.2, 0.25) is 5.91 Å². The van der Waals surface area contributed by atoms with Crippen LogP contribution in [0.25, 0.3) is 33.4 Å². The zero-order chi connectivity index (χ0) is 38.1. The number of esters is 1. The second kappa shape index (κ2) is 22.6. The number of aryl methyl sites for hydroxylation is 1. The molecule has 2 N–H and O–H groups in total. The molecule has 3 aliphatic rings. The van der Waals surface area contributed by atoms with E-state index in [2.05, 4.69) is 67.3 Å². The first-order valence-corrected chi connectivity index (χ1v) is 20.1. The predicted octanol–water partition coefficient (Wildman–Crippen LogP) is 6.58. The first-order valence-electron chi connectivity index (χ1n) is 19.2. The SMILES string of the molecule is CCn1c(-c2cccnc2[C@H](C)OC)c2c3cc(ccc31)-c1csc(n1)C[C@H](NC(=O)[C@H]1C[C@@H](C)CCO1)C(=O)N1CCC[C@H](N1)C(=O)OCC(C)(C)C2.S.S.S.S.S. The van der Waals surface area contributed by atoms with Crippen molar-refractivity contribution in [1.82, 2.24) is 30.3 Å². The van der Waals surface area contributed by atoms with Crippen LogP contribution in [0, 0.1) is 11.3 Å². The summed E-state index contributed by atoms with van der Waals surface area (Å²) in [6.45, 7) is 12.3. The van der Waals surface area contributed by atoms with Gasteiger partial charge in [-0.05, 0) is 81.7 Å². The summed E-state index contributed by atoms with van der Waals surface area (Å²) in [6.07, 6.45) is 4.41. The zero-order valence-electron chi connectivity index (χ0n) is 34.6. The maximum Gasteiger partial charge on any atom is 0.324 e. The van der Waals surface area contributed by atoms with Crippen LogP contribution in [0.15, 0.2) is 41.9 Å². The maximum absolute atomic E-state index is 14.2. The Hall–Kier alpha value is -2.42. The summed E-state index contributed by atoms with van der Waals surface area (Å²) in [6, 6.07) is 8.92. The predicted molar refractivity (Wildman–Crippen MR) is 259 cm³/mol. The van der Waals surface area contributed by atoms with Gasteiger partial charge < -0.3 is 24.1 Å². The van der Waals surface area contributed by atoms with Crippen molar-refractivity contribution in [2.75, 3.05) is 26.9 Å². The van der Waals surface area contributed by atoms with Gasteiger partial charge >= 0.3 is 5.97 Å². The number of methoxy groups -OCH3 is 1. The molecule has 6 bridgehead atoms. The van der Waals surface area contributed by atoms with Crippen molar-refractivity contribution in [3.05, 3.63) is 58.2 Å². The number of amides is 2. The fourth-order valence-electron chi connectivity index (χ4n) is 7.97. The molecule has 2 fully saturated rings. The molecule has 2 amide bonds. The number of nitrogens with one attached hydrogen (secondary N) is 2. The minimum Gasteiger partial charge on any atom is -0.464 e. The molecule has 6 heterocycles. The van der Waals surface area contributed by atoms with Gasteiger partial charge in [0.25, 0.3) is 5.91 Å². The van der Waals surface area contributed by atoms with Gasteiger partial charge in [-0.15, -0.1) is 11.3 Å². The number of thiazole rings is 1. The summed E-state index contributed by atoms with van der Waals surface area (Å²) in [5, 5.41) is 8.31. The van der Waals surface area contributed by atoms with Crippen LogP contribution < -0.4 is 10.7 Å². The summed E-state index contributed by atoms with van der Waals surface area (Å²) < 4.78 is 20.0. The second-order valence-corrected chi connectivity index (χ2v) is 16.7. The number of carbonyl (C=O) groups is 3. The van der Waals surface area contributed by atoms with E-state index in [1.165, 1.54) is 16.3 Å². The van der Waals surface area contributed by atoms with Gasteiger partial charge in [-0.3, -0.25) is 24.4 Å². The van der Waals surface area contributed by atoms with Crippen molar-refractivity contribution in [2.24, 2.45) is 11.3 Å². The van der Waals surface area contributed by atoms with Gasteiger partial charge in [-0.1, -0.05) is 26.8 Å². The quantitative estimate of drug-likeness (QED) is 0.206. The molecule has 0 spiro atoms. The first-order chi connectivity index (χ1) is 26.0. The molecule has 4 aromatic rings. The highest BCUT2D eigenvalue weighted by atomic mass is 32.1. The highest BCUT2D eigenvalue weighted by Crippen LogP contribution is 2.42. The molecule has 18 heteroatoms. The van der Waals surface area contributed by atoms with Gasteiger partial charge in [0.1, 0.15) is 18.2 Å². The van der Waals surface area contributed by atoms with E-state index in [0.29, 0.717) is 44.8 Å². The Morgan fingerprint density at radius 2 is 1.90 bits per heavy atom. The maximum atomic E-state index is 14.2. The van der Waals surface area contributed by atoms with Crippen LogP contribution in [0.4, 0.5) is 0 Å². The molecule has 0 radical (unpaired) electrons. The highest BCUT2D eigenvalue weighted by molar-refractivity contribution is 7.60. The number of benzene rings is 1. The molecule has 3 aromatic heterocycles. The van der Waals surface area contributed by atoms with Crippen molar-refractivity contribution in [2.45, 2.75) is 104 Å². The normalized spacial score (nSPS) is 22.1. The third-order valence-corrected chi connectivity index (χ3v) is 11.9. The molecule has 1 aromatic carbocycles. The van der Waals surface area contributed by atoms with Crippen LogP contribution in [0.3, 0.4) is 0 Å². The smallest absolute Gasteiger partial charge is 0.324 e. The Balaban J connectivity index is 0.00000240. The highest BCUT2D eigenvalue weighted by Gasteiger charge is 2.37. The van der Waals surface area contributed by atoms with Crippen LogP contribution in [0.1, 0.15) is 82.7 Å².